The molecule has 0 amide bonds. The van der Waals surface area contributed by atoms with E-state index in [4.69, 9.17) is 0 Å². The van der Waals surface area contributed by atoms with Crippen molar-refractivity contribution in [2.45, 2.75) is 12.3 Å². The normalized spacial score (nSPS) is 13.2. The van der Waals surface area contributed by atoms with Crippen LogP contribution in [0.2, 0.25) is 0 Å². The number of aliphatic carboxylic acids is 1. The van der Waals surface area contributed by atoms with Crippen LogP contribution in [-0.2, 0) is 19.7 Å². The van der Waals surface area contributed by atoms with Crippen LogP contribution < -0.4 is 0 Å². The number of rotatable bonds is 4. The first-order valence-electron chi connectivity index (χ1n) is 6.48. The zero-order valence-corrected chi connectivity index (χ0v) is 11.9. The quantitative estimate of drug-likeness (QED) is 0.692. The number of hydrogen-bond acceptors (Lipinski definition) is 3. The SMILES string of the molecule is COC(=O)[C@@](C)(C(=O)O)c1cccc(-c2ccccc2)c1. The Kier molecular flexibility index (Phi) is 4.08. The Morgan fingerprint density at radius 2 is 1.62 bits per heavy atom. The summed E-state index contributed by atoms with van der Waals surface area (Å²) in [6, 6.07) is 16.5. The summed E-state index contributed by atoms with van der Waals surface area (Å²) in [5.74, 6) is -2.03. The molecule has 0 bridgehead atoms. The summed E-state index contributed by atoms with van der Waals surface area (Å²) in [7, 11) is 1.19. The van der Waals surface area contributed by atoms with Crippen LogP contribution in [0.25, 0.3) is 11.1 Å². The smallest absolute Gasteiger partial charge is 0.327 e. The number of ether oxygens (including phenoxy) is 1. The van der Waals surface area contributed by atoms with E-state index in [-0.39, 0.29) is 0 Å². The van der Waals surface area contributed by atoms with Crippen molar-refractivity contribution < 1.29 is 19.4 Å². The predicted molar refractivity (Wildman–Crippen MR) is 78.9 cm³/mol. The van der Waals surface area contributed by atoms with E-state index >= 15 is 0 Å². The Morgan fingerprint density at radius 3 is 2.19 bits per heavy atom. The topological polar surface area (TPSA) is 63.6 Å². The van der Waals surface area contributed by atoms with Gasteiger partial charge in [-0.25, -0.2) is 0 Å². The van der Waals surface area contributed by atoms with E-state index < -0.39 is 17.4 Å². The molecule has 108 valence electrons. The second-order valence-electron chi connectivity index (χ2n) is 4.87. The lowest BCUT2D eigenvalue weighted by molar-refractivity contribution is -0.158. The molecule has 1 atom stereocenters. The molecule has 2 aromatic rings. The maximum atomic E-state index is 11.9. The molecule has 0 radical (unpaired) electrons. The van der Waals surface area contributed by atoms with Crippen molar-refractivity contribution in [1.82, 2.24) is 0 Å². The van der Waals surface area contributed by atoms with Gasteiger partial charge >= 0.3 is 11.9 Å². The van der Waals surface area contributed by atoms with Crippen LogP contribution in [0.5, 0.6) is 0 Å². The van der Waals surface area contributed by atoms with Crippen molar-refractivity contribution in [2.24, 2.45) is 0 Å². The highest BCUT2D eigenvalue weighted by Crippen LogP contribution is 2.29. The van der Waals surface area contributed by atoms with Crippen molar-refractivity contribution in [2.75, 3.05) is 7.11 Å². The van der Waals surface area contributed by atoms with Crippen molar-refractivity contribution >= 4 is 11.9 Å². The zero-order valence-electron chi connectivity index (χ0n) is 11.9. The zero-order chi connectivity index (χ0) is 15.5. The van der Waals surface area contributed by atoms with Gasteiger partial charge in [0.1, 0.15) is 0 Å². The van der Waals surface area contributed by atoms with Gasteiger partial charge in [-0.1, -0.05) is 48.5 Å². The predicted octanol–water partition coefficient (Wildman–Crippen LogP) is 2.87. The number of carboxylic acids is 1. The highest BCUT2D eigenvalue weighted by molar-refractivity contribution is 6.05. The van der Waals surface area contributed by atoms with Crippen LogP contribution in [-0.4, -0.2) is 24.2 Å². The van der Waals surface area contributed by atoms with Gasteiger partial charge in [-0.3, -0.25) is 9.59 Å². The Labute approximate surface area is 123 Å². The van der Waals surface area contributed by atoms with Crippen LogP contribution in [0.3, 0.4) is 0 Å². The van der Waals surface area contributed by atoms with Gasteiger partial charge in [-0.2, -0.15) is 0 Å². The van der Waals surface area contributed by atoms with E-state index in [1.54, 1.807) is 18.2 Å². The fraction of sp³-hybridized carbons (Fsp3) is 0.176. The molecule has 0 unspecified atom stereocenters. The van der Waals surface area contributed by atoms with Gasteiger partial charge in [0, 0.05) is 0 Å². The molecule has 4 heteroatoms. The van der Waals surface area contributed by atoms with Gasteiger partial charge in [-0.15, -0.1) is 0 Å². The molecule has 0 aromatic heterocycles. The van der Waals surface area contributed by atoms with E-state index in [9.17, 15) is 14.7 Å². The largest absolute Gasteiger partial charge is 0.480 e. The van der Waals surface area contributed by atoms with Crippen molar-refractivity contribution in [3.8, 4) is 11.1 Å². The number of esters is 1. The number of benzene rings is 2. The highest BCUT2D eigenvalue weighted by Gasteiger charge is 2.44. The molecule has 4 nitrogen and oxygen atoms in total. The molecule has 1 N–H and O–H groups in total. The fourth-order valence-corrected chi connectivity index (χ4v) is 2.17. The minimum atomic E-state index is -1.72. The molecule has 2 rings (SSSR count). The van der Waals surface area contributed by atoms with Crippen LogP contribution in [0.15, 0.2) is 54.6 Å². The Balaban J connectivity index is 2.54. The van der Waals surface area contributed by atoms with E-state index in [0.717, 1.165) is 11.1 Å². The third-order valence-electron chi connectivity index (χ3n) is 3.57. The first kappa shape index (κ1) is 14.8. The Hall–Kier alpha value is -2.62. The Bertz CT molecular complexity index is 664. The fourth-order valence-electron chi connectivity index (χ4n) is 2.17. The molecule has 0 aliphatic heterocycles. The molecular weight excluding hydrogens is 268 g/mol. The molecule has 2 aromatic carbocycles. The maximum absolute atomic E-state index is 11.9. The summed E-state index contributed by atoms with van der Waals surface area (Å²) in [6.45, 7) is 1.35. The minimum Gasteiger partial charge on any atom is -0.480 e. The van der Waals surface area contributed by atoms with Gasteiger partial charge in [0.15, 0.2) is 5.41 Å². The van der Waals surface area contributed by atoms with Crippen molar-refractivity contribution in [3.05, 3.63) is 60.2 Å². The number of carboxylic acid groups (broad SMARTS) is 1. The molecule has 0 heterocycles. The average Bonchev–Trinajstić information content (AvgIpc) is 2.54. The molecule has 0 fully saturated rings. The summed E-state index contributed by atoms with van der Waals surface area (Å²) in [6.07, 6.45) is 0. The molecule has 0 spiro atoms. The number of hydrogen-bond donors (Lipinski definition) is 1. The van der Waals surface area contributed by atoms with Crippen LogP contribution in [0, 0.1) is 0 Å². The molecule has 21 heavy (non-hydrogen) atoms. The summed E-state index contributed by atoms with van der Waals surface area (Å²) in [5.41, 5.74) is 0.476. The summed E-state index contributed by atoms with van der Waals surface area (Å²) in [4.78, 5) is 23.5. The summed E-state index contributed by atoms with van der Waals surface area (Å²) >= 11 is 0. The van der Waals surface area contributed by atoms with E-state index in [2.05, 4.69) is 4.74 Å². The van der Waals surface area contributed by atoms with E-state index in [0.29, 0.717) is 5.56 Å². The van der Waals surface area contributed by atoms with E-state index in [1.165, 1.54) is 14.0 Å². The molecule has 0 saturated heterocycles. The second kappa shape index (κ2) is 5.79. The third-order valence-corrected chi connectivity index (χ3v) is 3.57. The number of carbonyl (C=O) groups is 2. The summed E-state index contributed by atoms with van der Waals surface area (Å²) in [5, 5.41) is 9.45. The van der Waals surface area contributed by atoms with Gasteiger partial charge < -0.3 is 9.84 Å². The number of carbonyl (C=O) groups excluding carboxylic acids is 1. The van der Waals surface area contributed by atoms with Crippen LogP contribution in [0.4, 0.5) is 0 Å². The second-order valence-corrected chi connectivity index (χ2v) is 4.87. The lowest BCUT2D eigenvalue weighted by Gasteiger charge is -2.22. The molecular formula is C17H16O4. The molecule has 0 aliphatic rings. The van der Waals surface area contributed by atoms with Crippen LogP contribution >= 0.6 is 0 Å². The third kappa shape index (κ3) is 2.65. The molecule has 0 saturated carbocycles. The number of methoxy groups -OCH3 is 1. The van der Waals surface area contributed by atoms with Gasteiger partial charge in [-0.05, 0) is 29.7 Å². The summed E-state index contributed by atoms with van der Waals surface area (Å²) < 4.78 is 4.66. The molecule has 0 aliphatic carbocycles. The van der Waals surface area contributed by atoms with Gasteiger partial charge in [0.2, 0.25) is 0 Å². The minimum absolute atomic E-state index is 0.392. The first-order chi connectivity index (χ1) is 10.00. The average molecular weight is 284 g/mol. The Morgan fingerprint density at radius 1 is 1.00 bits per heavy atom. The van der Waals surface area contributed by atoms with E-state index in [1.807, 2.05) is 36.4 Å². The maximum Gasteiger partial charge on any atom is 0.327 e. The lowest BCUT2D eigenvalue weighted by Crippen LogP contribution is -2.41. The van der Waals surface area contributed by atoms with Gasteiger partial charge in [0.25, 0.3) is 0 Å². The van der Waals surface area contributed by atoms with Gasteiger partial charge in [0.05, 0.1) is 7.11 Å². The highest BCUT2D eigenvalue weighted by atomic mass is 16.5. The monoisotopic (exact) mass is 284 g/mol. The first-order valence-corrected chi connectivity index (χ1v) is 6.48. The standard InChI is InChI=1S/C17H16O4/c1-17(15(18)19,16(20)21-2)14-10-6-9-13(11-14)12-7-4-3-5-8-12/h3-11H,1-2H3,(H,18,19)/t17-/m1/s1. The lowest BCUT2D eigenvalue weighted by atomic mass is 9.81. The van der Waals surface area contributed by atoms with Crippen molar-refractivity contribution in [3.63, 3.8) is 0 Å². The van der Waals surface area contributed by atoms with Crippen LogP contribution in [0.1, 0.15) is 12.5 Å². The van der Waals surface area contributed by atoms with Crippen molar-refractivity contribution in [1.29, 1.82) is 0 Å².